The third-order valence-corrected chi connectivity index (χ3v) is 1.66. The van der Waals surface area contributed by atoms with Crippen LogP contribution in [0.4, 0.5) is 4.79 Å². The van der Waals surface area contributed by atoms with Crippen molar-refractivity contribution < 1.29 is 14.4 Å². The highest BCUT2D eigenvalue weighted by Gasteiger charge is 2.09. The number of amides is 4. The van der Waals surface area contributed by atoms with Gasteiger partial charge in [0.25, 0.3) is 0 Å². The Balaban J connectivity index is 3.75. The van der Waals surface area contributed by atoms with Crippen LogP contribution < -0.4 is 10.6 Å². The van der Waals surface area contributed by atoms with Gasteiger partial charge in [-0.1, -0.05) is 0 Å². The van der Waals surface area contributed by atoms with Gasteiger partial charge in [-0.25, -0.2) is 4.79 Å². The predicted octanol–water partition coefficient (Wildman–Crippen LogP) is -0.471. The molecule has 0 aliphatic rings. The molecule has 0 heterocycles. The number of carbonyl (C=O) groups excluding carboxylic acids is 3. The van der Waals surface area contributed by atoms with E-state index in [0.717, 1.165) is 0 Å². The molecular weight excluding hydrogens is 222 g/mol. The Morgan fingerprint density at radius 2 is 1.87 bits per heavy atom. The summed E-state index contributed by atoms with van der Waals surface area (Å²) in [6.45, 7) is -0.146. The molecule has 0 unspecified atom stereocenters. The van der Waals surface area contributed by atoms with Gasteiger partial charge in [0.05, 0.1) is 6.54 Å². The lowest BCUT2D eigenvalue weighted by Crippen LogP contribution is -2.43. The lowest BCUT2D eigenvalue weighted by Gasteiger charge is -2.10. The van der Waals surface area contributed by atoms with E-state index in [4.69, 9.17) is 11.6 Å². The summed E-state index contributed by atoms with van der Waals surface area (Å²) >= 11 is 5.30. The number of likely N-dealkylation sites (N-methyl/N-ethyl adjacent to an activating group) is 1. The zero-order valence-corrected chi connectivity index (χ0v) is 9.43. The summed E-state index contributed by atoms with van der Waals surface area (Å²) in [6, 6.07) is -0.694. The zero-order valence-electron chi connectivity index (χ0n) is 8.67. The first-order valence-electron chi connectivity index (χ1n) is 4.31. The number of nitrogens with one attached hydrogen (secondary N) is 2. The van der Waals surface area contributed by atoms with Crippen LogP contribution in [0.15, 0.2) is 0 Å². The van der Waals surface area contributed by atoms with Crippen molar-refractivity contribution in [3.8, 4) is 0 Å². The number of hydrogen-bond donors (Lipinski definition) is 2. The minimum Gasteiger partial charge on any atom is -0.347 e. The number of urea groups is 1. The van der Waals surface area contributed by atoms with Crippen molar-refractivity contribution in [3.05, 3.63) is 0 Å². The molecule has 0 saturated heterocycles. The Bertz CT molecular complexity index is 256. The van der Waals surface area contributed by atoms with E-state index < -0.39 is 11.9 Å². The van der Waals surface area contributed by atoms with Crippen LogP contribution in [0, 0.1) is 0 Å². The molecule has 0 aliphatic carbocycles. The summed E-state index contributed by atoms with van der Waals surface area (Å²) in [5.74, 6) is -0.579. The fourth-order valence-corrected chi connectivity index (χ4v) is 0.805. The molecule has 0 bridgehead atoms. The number of hydrogen-bond acceptors (Lipinski definition) is 3. The molecule has 86 valence electrons. The summed E-state index contributed by atoms with van der Waals surface area (Å²) in [7, 11) is 3.14. The minimum atomic E-state index is -0.694. The van der Waals surface area contributed by atoms with E-state index in [1.807, 2.05) is 5.32 Å². The molecule has 0 aromatic rings. The Labute approximate surface area is 92.9 Å². The van der Waals surface area contributed by atoms with Gasteiger partial charge in [-0.2, -0.15) is 0 Å². The van der Waals surface area contributed by atoms with Crippen LogP contribution >= 0.6 is 11.6 Å². The highest BCUT2D eigenvalue weighted by Crippen LogP contribution is 1.83. The number of halogens is 1. The van der Waals surface area contributed by atoms with Gasteiger partial charge in [-0.3, -0.25) is 14.9 Å². The first-order valence-corrected chi connectivity index (χ1v) is 4.84. The monoisotopic (exact) mass is 235 g/mol. The van der Waals surface area contributed by atoms with Gasteiger partial charge in [-0.15, -0.1) is 11.6 Å². The van der Waals surface area contributed by atoms with E-state index in [-0.39, 0.29) is 24.8 Å². The van der Waals surface area contributed by atoms with Gasteiger partial charge in [0.15, 0.2) is 0 Å². The standard InChI is InChI=1S/C8H14ClN3O3/c1-12(2)7(14)5-10-8(15)11-6(13)3-4-9/h3-5H2,1-2H3,(H2,10,11,13,15). The van der Waals surface area contributed by atoms with E-state index in [0.29, 0.717) is 0 Å². The molecule has 0 rings (SSSR count). The second-order valence-electron chi connectivity index (χ2n) is 2.96. The molecule has 0 aromatic heterocycles. The molecule has 0 aliphatic heterocycles. The molecule has 4 amide bonds. The van der Waals surface area contributed by atoms with Crippen molar-refractivity contribution in [2.75, 3.05) is 26.5 Å². The van der Waals surface area contributed by atoms with Crippen molar-refractivity contribution >= 4 is 29.4 Å². The topological polar surface area (TPSA) is 78.5 Å². The average molecular weight is 236 g/mol. The van der Waals surface area contributed by atoms with Gasteiger partial charge >= 0.3 is 6.03 Å². The van der Waals surface area contributed by atoms with Crippen molar-refractivity contribution in [1.82, 2.24) is 15.5 Å². The van der Waals surface area contributed by atoms with Crippen LogP contribution in [0.5, 0.6) is 0 Å². The van der Waals surface area contributed by atoms with Gasteiger partial charge < -0.3 is 10.2 Å². The number of nitrogens with zero attached hydrogens (tertiary/aromatic N) is 1. The minimum absolute atomic E-state index is 0.0661. The van der Waals surface area contributed by atoms with Crippen LogP contribution in [0.1, 0.15) is 6.42 Å². The maximum atomic E-state index is 11.0. The van der Waals surface area contributed by atoms with Crippen LogP contribution in [-0.4, -0.2) is 49.3 Å². The van der Waals surface area contributed by atoms with Gasteiger partial charge in [0.2, 0.25) is 11.8 Å². The van der Waals surface area contributed by atoms with Crippen molar-refractivity contribution in [3.63, 3.8) is 0 Å². The molecule has 0 atom stereocenters. The predicted molar refractivity (Wildman–Crippen MR) is 55.6 cm³/mol. The molecule has 0 aromatic carbocycles. The van der Waals surface area contributed by atoms with Crippen LogP contribution in [-0.2, 0) is 9.59 Å². The first-order chi connectivity index (χ1) is 6.97. The van der Waals surface area contributed by atoms with Gasteiger partial charge in [0, 0.05) is 26.4 Å². The summed E-state index contributed by atoms with van der Waals surface area (Å²) < 4.78 is 0. The molecule has 0 saturated carbocycles. The summed E-state index contributed by atoms with van der Waals surface area (Å²) in [6.07, 6.45) is 0.0661. The third-order valence-electron chi connectivity index (χ3n) is 1.47. The Kier molecular flexibility index (Phi) is 6.44. The quantitative estimate of drug-likeness (QED) is 0.647. The molecular formula is C8H14ClN3O3. The van der Waals surface area contributed by atoms with Crippen LogP contribution in [0.25, 0.3) is 0 Å². The summed E-state index contributed by atoms with van der Waals surface area (Å²) in [4.78, 5) is 34.2. The summed E-state index contributed by atoms with van der Waals surface area (Å²) in [5, 5.41) is 4.28. The summed E-state index contributed by atoms with van der Waals surface area (Å²) in [5.41, 5.74) is 0. The fourth-order valence-electron chi connectivity index (χ4n) is 0.633. The van der Waals surface area contributed by atoms with E-state index >= 15 is 0 Å². The van der Waals surface area contributed by atoms with Crippen molar-refractivity contribution in [1.29, 1.82) is 0 Å². The van der Waals surface area contributed by atoms with E-state index in [1.54, 1.807) is 14.1 Å². The number of carbonyl (C=O) groups is 3. The molecule has 15 heavy (non-hydrogen) atoms. The van der Waals surface area contributed by atoms with Gasteiger partial charge in [0.1, 0.15) is 0 Å². The normalized spacial score (nSPS) is 9.27. The average Bonchev–Trinajstić information content (AvgIpc) is 2.14. The van der Waals surface area contributed by atoms with E-state index in [2.05, 4.69) is 5.32 Å². The smallest absolute Gasteiger partial charge is 0.321 e. The second-order valence-corrected chi connectivity index (χ2v) is 3.34. The molecule has 0 fully saturated rings. The fraction of sp³-hybridized carbons (Fsp3) is 0.625. The Morgan fingerprint density at radius 1 is 1.27 bits per heavy atom. The third kappa shape index (κ3) is 6.73. The van der Waals surface area contributed by atoms with E-state index in [1.165, 1.54) is 4.90 Å². The maximum absolute atomic E-state index is 11.0. The number of alkyl halides is 1. The second kappa shape index (κ2) is 7.05. The molecule has 6 nitrogen and oxygen atoms in total. The molecule has 7 heteroatoms. The largest absolute Gasteiger partial charge is 0.347 e. The SMILES string of the molecule is CN(C)C(=O)CNC(=O)NC(=O)CCCl. The van der Waals surface area contributed by atoms with Crippen molar-refractivity contribution in [2.24, 2.45) is 0 Å². The Morgan fingerprint density at radius 3 is 2.33 bits per heavy atom. The number of rotatable bonds is 4. The maximum Gasteiger partial charge on any atom is 0.321 e. The molecule has 0 radical (unpaired) electrons. The van der Waals surface area contributed by atoms with Crippen molar-refractivity contribution in [2.45, 2.75) is 6.42 Å². The molecule has 0 spiro atoms. The van der Waals surface area contributed by atoms with Crippen LogP contribution in [0.2, 0.25) is 0 Å². The highest BCUT2D eigenvalue weighted by atomic mass is 35.5. The van der Waals surface area contributed by atoms with Gasteiger partial charge in [-0.05, 0) is 0 Å². The zero-order chi connectivity index (χ0) is 11.8. The molecule has 2 N–H and O–H groups in total. The lowest BCUT2D eigenvalue weighted by atomic mass is 10.4. The number of imide groups is 1. The Hall–Kier alpha value is -1.30. The van der Waals surface area contributed by atoms with E-state index in [9.17, 15) is 14.4 Å². The van der Waals surface area contributed by atoms with Crippen LogP contribution in [0.3, 0.4) is 0 Å². The highest BCUT2D eigenvalue weighted by molar-refractivity contribution is 6.19. The first kappa shape index (κ1) is 13.7. The lowest BCUT2D eigenvalue weighted by molar-refractivity contribution is -0.127.